The topological polar surface area (TPSA) is 103 Å². The van der Waals surface area contributed by atoms with Crippen molar-refractivity contribution >= 4 is 33.2 Å². The molecule has 0 atom stereocenters. The number of sulfonamides is 1. The number of aromatic nitrogens is 1. The van der Waals surface area contributed by atoms with E-state index in [-0.39, 0.29) is 22.4 Å². The highest BCUT2D eigenvalue weighted by molar-refractivity contribution is 7.92. The molecule has 2 aromatic rings. The van der Waals surface area contributed by atoms with E-state index in [9.17, 15) is 18.0 Å². The molecule has 8 nitrogen and oxygen atoms in total. The van der Waals surface area contributed by atoms with Gasteiger partial charge in [0.15, 0.2) is 0 Å². The van der Waals surface area contributed by atoms with Crippen LogP contribution in [0.2, 0.25) is 0 Å². The van der Waals surface area contributed by atoms with Crippen LogP contribution >= 0.6 is 0 Å². The second kappa shape index (κ2) is 7.90. The smallest absolute Gasteiger partial charge is 0.270 e. The lowest BCUT2D eigenvalue weighted by Crippen LogP contribution is -2.35. The van der Waals surface area contributed by atoms with Crippen LogP contribution in [-0.2, 0) is 14.8 Å². The quantitative estimate of drug-likeness (QED) is 0.782. The third-order valence-corrected chi connectivity index (χ3v) is 6.68. The molecule has 2 N–H and O–H groups in total. The number of hydrogen-bond donors (Lipinski definition) is 2. The predicted octanol–water partition coefficient (Wildman–Crippen LogP) is 2.57. The summed E-state index contributed by atoms with van der Waals surface area (Å²) in [4.78, 5) is 30.8. The van der Waals surface area contributed by atoms with Crippen molar-refractivity contribution < 1.29 is 18.0 Å². The van der Waals surface area contributed by atoms with Gasteiger partial charge in [-0.1, -0.05) is 6.07 Å². The number of likely N-dealkylation sites (tertiary alicyclic amines) is 1. The number of carbonyl (C=O) groups excluding carboxylic acids is 2. The van der Waals surface area contributed by atoms with Crippen molar-refractivity contribution in [3.63, 3.8) is 0 Å². The van der Waals surface area contributed by atoms with Crippen molar-refractivity contribution in [2.75, 3.05) is 29.3 Å². The first kappa shape index (κ1) is 19.5. The van der Waals surface area contributed by atoms with Gasteiger partial charge >= 0.3 is 0 Å². The molecule has 2 aliphatic rings. The molecule has 154 valence electrons. The van der Waals surface area contributed by atoms with Gasteiger partial charge in [0.05, 0.1) is 5.69 Å². The van der Waals surface area contributed by atoms with Gasteiger partial charge in [-0.2, -0.15) is 0 Å². The summed E-state index contributed by atoms with van der Waals surface area (Å²) in [5.41, 5.74) is 1.31. The fourth-order valence-corrected chi connectivity index (χ4v) is 4.82. The summed E-state index contributed by atoms with van der Waals surface area (Å²) in [6.07, 6.45) is 5.58. The lowest BCUT2D eigenvalue weighted by molar-refractivity contribution is -0.119. The standard InChI is InChI=1S/C20H24N4O4S/c25-19-8-1-2-11-24(19)16-7-5-6-15(12-16)22-29(27,28)17-13-18(21-14-17)20(26)23-9-3-4-10-23/h5-7,12-14,21-22H,1-4,8-11H2. The number of carbonyl (C=O) groups is 2. The summed E-state index contributed by atoms with van der Waals surface area (Å²) in [7, 11) is -3.87. The van der Waals surface area contributed by atoms with Gasteiger partial charge in [0, 0.05) is 37.9 Å². The van der Waals surface area contributed by atoms with Crippen molar-refractivity contribution in [2.45, 2.75) is 37.0 Å². The predicted molar refractivity (Wildman–Crippen MR) is 109 cm³/mol. The van der Waals surface area contributed by atoms with E-state index in [1.165, 1.54) is 12.3 Å². The summed E-state index contributed by atoms with van der Waals surface area (Å²) in [5, 5.41) is 0. The summed E-state index contributed by atoms with van der Waals surface area (Å²) in [6.45, 7) is 2.02. The van der Waals surface area contributed by atoms with E-state index in [2.05, 4.69) is 9.71 Å². The number of nitrogens with one attached hydrogen (secondary N) is 2. The first-order valence-corrected chi connectivity index (χ1v) is 11.3. The fraction of sp³-hybridized carbons (Fsp3) is 0.400. The van der Waals surface area contributed by atoms with Gasteiger partial charge in [-0.3, -0.25) is 14.3 Å². The number of nitrogens with zero attached hydrogens (tertiary/aromatic N) is 2. The molecular weight excluding hydrogens is 392 g/mol. The van der Waals surface area contributed by atoms with Crippen molar-refractivity contribution in [2.24, 2.45) is 0 Å². The minimum Gasteiger partial charge on any atom is -0.356 e. The minimum absolute atomic E-state index is 0.000464. The van der Waals surface area contributed by atoms with Crippen LogP contribution in [-0.4, -0.2) is 49.8 Å². The van der Waals surface area contributed by atoms with Gasteiger partial charge in [-0.05, 0) is 49.9 Å². The van der Waals surface area contributed by atoms with Gasteiger partial charge in [0.1, 0.15) is 10.6 Å². The summed E-state index contributed by atoms with van der Waals surface area (Å²) >= 11 is 0. The average Bonchev–Trinajstić information content (AvgIpc) is 3.40. The van der Waals surface area contributed by atoms with Crippen LogP contribution in [0.4, 0.5) is 11.4 Å². The number of piperidine rings is 1. The molecule has 2 fully saturated rings. The molecule has 2 aliphatic heterocycles. The fourth-order valence-electron chi connectivity index (χ4n) is 3.77. The number of amides is 2. The Bertz CT molecular complexity index is 1020. The highest BCUT2D eigenvalue weighted by atomic mass is 32.2. The molecule has 29 heavy (non-hydrogen) atoms. The molecule has 9 heteroatoms. The average molecular weight is 417 g/mol. The molecule has 4 rings (SSSR count). The molecule has 0 saturated carbocycles. The van der Waals surface area contributed by atoms with E-state index in [4.69, 9.17) is 0 Å². The van der Waals surface area contributed by atoms with Crippen LogP contribution in [0.5, 0.6) is 0 Å². The zero-order valence-electron chi connectivity index (χ0n) is 16.1. The third-order valence-electron chi connectivity index (χ3n) is 5.32. The Kier molecular flexibility index (Phi) is 5.31. The van der Waals surface area contributed by atoms with E-state index in [0.717, 1.165) is 25.7 Å². The van der Waals surface area contributed by atoms with Crippen LogP contribution in [0.15, 0.2) is 41.4 Å². The van der Waals surface area contributed by atoms with Crippen molar-refractivity contribution in [1.82, 2.24) is 9.88 Å². The van der Waals surface area contributed by atoms with Crippen LogP contribution in [0.1, 0.15) is 42.6 Å². The van der Waals surface area contributed by atoms with Crippen LogP contribution in [0.25, 0.3) is 0 Å². The molecule has 0 radical (unpaired) electrons. The van der Waals surface area contributed by atoms with Gasteiger partial charge in [-0.15, -0.1) is 0 Å². The first-order chi connectivity index (χ1) is 13.9. The number of benzene rings is 1. The lowest BCUT2D eigenvalue weighted by atomic mass is 10.1. The van der Waals surface area contributed by atoms with Crippen LogP contribution < -0.4 is 9.62 Å². The maximum Gasteiger partial charge on any atom is 0.270 e. The second-order valence-electron chi connectivity index (χ2n) is 7.41. The highest BCUT2D eigenvalue weighted by Crippen LogP contribution is 2.26. The largest absolute Gasteiger partial charge is 0.356 e. The molecule has 2 saturated heterocycles. The SMILES string of the molecule is O=C(c1cc(S(=O)(=O)Nc2cccc(N3CCCCC3=O)c2)c[nH]1)N1CCCC1. The number of hydrogen-bond acceptors (Lipinski definition) is 4. The highest BCUT2D eigenvalue weighted by Gasteiger charge is 2.24. The normalized spacial score (nSPS) is 17.6. The van der Waals surface area contributed by atoms with Crippen molar-refractivity contribution in [3.05, 3.63) is 42.2 Å². The van der Waals surface area contributed by atoms with Gasteiger partial charge in [-0.25, -0.2) is 8.42 Å². The summed E-state index contributed by atoms with van der Waals surface area (Å²) < 4.78 is 28.1. The molecule has 0 spiro atoms. The van der Waals surface area contributed by atoms with Gasteiger partial charge in [0.25, 0.3) is 15.9 Å². The Morgan fingerprint density at radius 2 is 1.79 bits per heavy atom. The molecule has 1 aromatic heterocycles. The van der Waals surface area contributed by atoms with E-state index < -0.39 is 10.0 Å². The summed E-state index contributed by atoms with van der Waals surface area (Å²) in [6, 6.07) is 8.17. The lowest BCUT2D eigenvalue weighted by Gasteiger charge is -2.27. The number of H-pyrrole nitrogens is 1. The first-order valence-electron chi connectivity index (χ1n) is 9.85. The Hall–Kier alpha value is -2.81. The van der Waals surface area contributed by atoms with Crippen molar-refractivity contribution in [1.29, 1.82) is 0 Å². The second-order valence-corrected chi connectivity index (χ2v) is 9.09. The van der Waals surface area contributed by atoms with E-state index in [1.807, 2.05) is 0 Å². The Morgan fingerprint density at radius 1 is 1.03 bits per heavy atom. The Labute approximate surface area is 169 Å². The van der Waals surface area contributed by atoms with Crippen molar-refractivity contribution in [3.8, 4) is 0 Å². The molecule has 0 unspecified atom stereocenters. The molecule has 2 amide bonds. The van der Waals surface area contributed by atoms with E-state index in [0.29, 0.717) is 37.4 Å². The molecule has 0 bridgehead atoms. The Morgan fingerprint density at radius 3 is 2.55 bits per heavy atom. The maximum atomic E-state index is 12.8. The van der Waals surface area contributed by atoms with Gasteiger partial charge < -0.3 is 14.8 Å². The number of anilines is 2. The molecule has 1 aromatic carbocycles. The monoisotopic (exact) mass is 416 g/mol. The van der Waals surface area contributed by atoms with E-state index in [1.54, 1.807) is 34.1 Å². The van der Waals surface area contributed by atoms with Gasteiger partial charge in [0.2, 0.25) is 5.91 Å². The number of rotatable bonds is 5. The van der Waals surface area contributed by atoms with E-state index >= 15 is 0 Å². The van der Waals surface area contributed by atoms with Crippen LogP contribution in [0.3, 0.4) is 0 Å². The Balaban J connectivity index is 1.51. The third kappa shape index (κ3) is 4.14. The number of aromatic amines is 1. The maximum absolute atomic E-state index is 12.8. The molecule has 3 heterocycles. The van der Waals surface area contributed by atoms with Crippen LogP contribution in [0, 0.1) is 0 Å². The molecular formula is C20H24N4O4S. The zero-order chi connectivity index (χ0) is 20.4. The molecule has 0 aliphatic carbocycles. The summed E-state index contributed by atoms with van der Waals surface area (Å²) in [5.74, 6) is -0.137. The zero-order valence-corrected chi connectivity index (χ0v) is 16.9. The minimum atomic E-state index is -3.87.